The molecule has 0 spiro atoms. The molecule has 152 valence electrons. The van der Waals surface area contributed by atoms with E-state index in [4.69, 9.17) is 4.74 Å². The van der Waals surface area contributed by atoms with E-state index in [0.29, 0.717) is 25.3 Å². The van der Waals surface area contributed by atoms with Crippen molar-refractivity contribution in [1.82, 2.24) is 14.7 Å². The number of benzene rings is 1. The van der Waals surface area contributed by atoms with E-state index in [9.17, 15) is 9.18 Å². The molecular formula is C21H28FN3O2S. The normalized spacial score (nSPS) is 17.8. The third-order valence-electron chi connectivity index (χ3n) is 4.80. The number of rotatable bonds is 8. The Bertz CT molecular complexity index is 737. The van der Waals surface area contributed by atoms with Crippen molar-refractivity contribution in [2.45, 2.75) is 12.6 Å². The van der Waals surface area contributed by atoms with E-state index in [1.807, 2.05) is 19.0 Å². The maximum absolute atomic E-state index is 13.2. The summed E-state index contributed by atoms with van der Waals surface area (Å²) in [6.45, 7) is 5.19. The fraction of sp³-hybridized carbons (Fsp3) is 0.476. The van der Waals surface area contributed by atoms with E-state index >= 15 is 0 Å². The summed E-state index contributed by atoms with van der Waals surface area (Å²) in [7, 11) is 3.97. The second-order valence-electron chi connectivity index (χ2n) is 7.37. The summed E-state index contributed by atoms with van der Waals surface area (Å²) in [5.74, 6) is -0.419. The van der Waals surface area contributed by atoms with Gasteiger partial charge in [-0.2, -0.15) is 0 Å². The van der Waals surface area contributed by atoms with E-state index in [2.05, 4.69) is 27.3 Å². The smallest absolute Gasteiger partial charge is 0.253 e. The minimum atomic E-state index is -0.337. The van der Waals surface area contributed by atoms with Gasteiger partial charge in [-0.3, -0.25) is 9.69 Å². The van der Waals surface area contributed by atoms with Gasteiger partial charge in [0, 0.05) is 49.7 Å². The van der Waals surface area contributed by atoms with E-state index in [-0.39, 0.29) is 17.8 Å². The zero-order valence-corrected chi connectivity index (χ0v) is 17.3. The lowest BCUT2D eigenvalue weighted by Gasteiger charge is -2.36. The lowest BCUT2D eigenvalue weighted by molar-refractivity contribution is -0.0430. The fourth-order valence-corrected chi connectivity index (χ4v) is 4.02. The summed E-state index contributed by atoms with van der Waals surface area (Å²) in [6.07, 6.45) is -0.0275. The first-order valence-electron chi connectivity index (χ1n) is 9.57. The summed E-state index contributed by atoms with van der Waals surface area (Å²) in [5.41, 5.74) is 0.506. The maximum Gasteiger partial charge on any atom is 0.253 e. The molecule has 1 aliphatic rings. The molecular weight excluding hydrogens is 377 g/mol. The van der Waals surface area contributed by atoms with Crippen LogP contribution in [0.5, 0.6) is 0 Å². The highest BCUT2D eigenvalue weighted by Gasteiger charge is 2.26. The van der Waals surface area contributed by atoms with Crippen LogP contribution in [0.25, 0.3) is 0 Å². The number of hydrogen-bond acceptors (Lipinski definition) is 5. The van der Waals surface area contributed by atoms with Gasteiger partial charge in [-0.05, 0) is 49.8 Å². The zero-order valence-electron chi connectivity index (χ0n) is 16.5. The number of hydrogen-bond donors (Lipinski definition) is 0. The molecule has 1 aromatic heterocycles. The molecule has 1 fully saturated rings. The van der Waals surface area contributed by atoms with Crippen LogP contribution >= 0.6 is 11.3 Å². The minimum absolute atomic E-state index is 0.0275. The van der Waals surface area contributed by atoms with Gasteiger partial charge >= 0.3 is 0 Å². The Labute approximate surface area is 170 Å². The van der Waals surface area contributed by atoms with E-state index in [1.54, 1.807) is 23.5 Å². The molecule has 0 aliphatic carbocycles. The molecule has 0 N–H and O–H groups in total. The first kappa shape index (κ1) is 20.9. The monoisotopic (exact) mass is 405 g/mol. The number of morpholine rings is 1. The van der Waals surface area contributed by atoms with Crippen molar-refractivity contribution >= 4 is 17.2 Å². The Morgan fingerprint density at radius 1 is 1.25 bits per heavy atom. The van der Waals surface area contributed by atoms with Crippen LogP contribution in [-0.4, -0.2) is 80.1 Å². The minimum Gasteiger partial charge on any atom is -0.374 e. The molecule has 28 heavy (non-hydrogen) atoms. The van der Waals surface area contributed by atoms with Crippen molar-refractivity contribution in [2.75, 3.05) is 53.4 Å². The molecule has 2 heterocycles. The van der Waals surface area contributed by atoms with Gasteiger partial charge in [0.05, 0.1) is 12.7 Å². The lowest BCUT2D eigenvalue weighted by atomic mass is 10.1. The van der Waals surface area contributed by atoms with Gasteiger partial charge < -0.3 is 14.5 Å². The number of ether oxygens (including phenoxy) is 1. The number of likely N-dealkylation sites (N-methyl/N-ethyl adjacent to an activating group) is 1. The Balaban J connectivity index is 1.64. The van der Waals surface area contributed by atoms with Gasteiger partial charge in [0.2, 0.25) is 0 Å². The third-order valence-corrected chi connectivity index (χ3v) is 5.66. The Hall–Kier alpha value is -1.80. The predicted molar refractivity (Wildman–Crippen MR) is 110 cm³/mol. The van der Waals surface area contributed by atoms with Crippen LogP contribution < -0.4 is 0 Å². The van der Waals surface area contributed by atoms with Crippen molar-refractivity contribution < 1.29 is 13.9 Å². The highest BCUT2D eigenvalue weighted by molar-refractivity contribution is 7.09. The van der Waals surface area contributed by atoms with Crippen molar-refractivity contribution in [3.8, 4) is 0 Å². The Morgan fingerprint density at radius 2 is 2.04 bits per heavy atom. The van der Waals surface area contributed by atoms with E-state index in [1.165, 1.54) is 17.0 Å². The first-order valence-corrected chi connectivity index (χ1v) is 10.4. The summed E-state index contributed by atoms with van der Waals surface area (Å²) in [6, 6.07) is 9.98. The van der Waals surface area contributed by atoms with Gasteiger partial charge in [-0.15, -0.1) is 11.3 Å². The molecule has 0 saturated carbocycles. The second kappa shape index (κ2) is 10.1. The van der Waals surface area contributed by atoms with Crippen LogP contribution in [0.15, 0.2) is 41.8 Å². The molecule has 7 heteroatoms. The molecule has 0 radical (unpaired) electrons. The molecule has 1 aliphatic heterocycles. The maximum atomic E-state index is 13.2. The largest absolute Gasteiger partial charge is 0.374 e. The Morgan fingerprint density at radius 3 is 2.71 bits per heavy atom. The van der Waals surface area contributed by atoms with Crippen LogP contribution in [0.3, 0.4) is 0 Å². The van der Waals surface area contributed by atoms with Crippen molar-refractivity contribution in [3.05, 3.63) is 58.0 Å². The molecule has 1 amide bonds. The number of carbonyl (C=O) groups excluding carboxylic acids is 1. The van der Waals surface area contributed by atoms with Crippen LogP contribution in [-0.2, 0) is 11.3 Å². The second-order valence-corrected chi connectivity index (χ2v) is 8.40. The molecule has 5 nitrogen and oxygen atoms in total. The number of carbonyl (C=O) groups is 1. The van der Waals surface area contributed by atoms with Gasteiger partial charge in [0.1, 0.15) is 5.82 Å². The van der Waals surface area contributed by atoms with Crippen LogP contribution in [0, 0.1) is 5.82 Å². The van der Waals surface area contributed by atoms with Crippen molar-refractivity contribution in [2.24, 2.45) is 0 Å². The van der Waals surface area contributed by atoms with Gasteiger partial charge in [0.25, 0.3) is 5.91 Å². The zero-order chi connectivity index (χ0) is 19.9. The standard InChI is InChI=1S/C21H28FN3O2S/c1-23(2)9-10-25(21(26)17-5-7-18(22)8-6-17)15-19-14-24(11-12-27-19)16-20-4-3-13-28-20/h3-8,13,19H,9-12,14-16H2,1-2H3/t19-/m0/s1. The average molecular weight is 406 g/mol. The van der Waals surface area contributed by atoms with Crippen molar-refractivity contribution in [3.63, 3.8) is 0 Å². The number of halogens is 1. The quantitative estimate of drug-likeness (QED) is 0.677. The lowest BCUT2D eigenvalue weighted by Crippen LogP contribution is -2.49. The van der Waals surface area contributed by atoms with Gasteiger partial charge in [-0.25, -0.2) is 4.39 Å². The van der Waals surface area contributed by atoms with Crippen molar-refractivity contribution in [1.29, 1.82) is 0 Å². The highest BCUT2D eigenvalue weighted by Crippen LogP contribution is 2.16. The summed E-state index contributed by atoms with van der Waals surface area (Å²) in [4.78, 5) is 20.6. The van der Waals surface area contributed by atoms with Crippen LogP contribution in [0.1, 0.15) is 15.2 Å². The number of amides is 1. The molecule has 1 saturated heterocycles. The molecule has 0 bridgehead atoms. The topological polar surface area (TPSA) is 36.0 Å². The molecule has 1 aromatic carbocycles. The van der Waals surface area contributed by atoms with Crippen LogP contribution in [0.4, 0.5) is 4.39 Å². The van der Waals surface area contributed by atoms with E-state index < -0.39 is 0 Å². The SMILES string of the molecule is CN(C)CCN(C[C@@H]1CN(Cc2cccs2)CCO1)C(=O)c1ccc(F)cc1. The van der Waals surface area contributed by atoms with E-state index in [0.717, 1.165) is 26.2 Å². The van der Waals surface area contributed by atoms with Gasteiger partial charge in [-0.1, -0.05) is 6.07 Å². The Kier molecular flexibility index (Phi) is 7.56. The number of nitrogens with zero attached hydrogens (tertiary/aromatic N) is 3. The fourth-order valence-electron chi connectivity index (χ4n) is 3.27. The molecule has 3 rings (SSSR count). The predicted octanol–water partition coefficient (Wildman–Crippen LogP) is 2.79. The molecule has 2 aromatic rings. The third kappa shape index (κ3) is 6.10. The summed E-state index contributed by atoms with van der Waals surface area (Å²) >= 11 is 1.76. The molecule has 0 unspecified atom stereocenters. The first-order chi connectivity index (χ1) is 13.5. The van der Waals surface area contributed by atoms with Crippen LogP contribution in [0.2, 0.25) is 0 Å². The summed E-state index contributed by atoms with van der Waals surface area (Å²) < 4.78 is 19.2. The highest BCUT2D eigenvalue weighted by atomic mass is 32.1. The number of thiophene rings is 1. The molecule has 1 atom stereocenters. The van der Waals surface area contributed by atoms with Gasteiger partial charge in [0.15, 0.2) is 0 Å². The summed E-state index contributed by atoms with van der Waals surface area (Å²) in [5, 5.41) is 2.09. The average Bonchev–Trinajstić information content (AvgIpc) is 3.18.